The molecular weight excluding hydrogens is 771 g/mol. The summed E-state index contributed by atoms with van der Waals surface area (Å²) in [5.41, 5.74) is 9.02. The molecule has 0 N–H and O–H groups in total. The minimum Gasteiger partial charge on any atom is -0.456 e. The van der Waals surface area contributed by atoms with Gasteiger partial charge in [0.2, 0.25) is 0 Å². The van der Waals surface area contributed by atoms with Crippen LogP contribution in [-0.4, -0.2) is 23.0 Å². The van der Waals surface area contributed by atoms with E-state index in [0.29, 0.717) is 17.5 Å². The topological polar surface area (TPSA) is 51.8 Å². The highest BCUT2D eigenvalue weighted by atomic mass is 28.3. The highest BCUT2D eigenvalue weighted by Crippen LogP contribution is 2.37. The van der Waals surface area contributed by atoms with Gasteiger partial charge in [0.1, 0.15) is 11.2 Å². The highest BCUT2D eigenvalue weighted by molar-refractivity contribution is 7.19. The summed E-state index contributed by atoms with van der Waals surface area (Å²) in [7, 11) is -2.81. The number of furan rings is 1. The van der Waals surface area contributed by atoms with Gasteiger partial charge in [0.15, 0.2) is 25.5 Å². The van der Waals surface area contributed by atoms with Crippen LogP contribution in [0.25, 0.3) is 78.4 Å². The summed E-state index contributed by atoms with van der Waals surface area (Å²) < 4.78 is 6.23. The van der Waals surface area contributed by atoms with E-state index in [1.165, 1.54) is 20.7 Å². The van der Waals surface area contributed by atoms with E-state index in [4.69, 9.17) is 19.4 Å². The lowest BCUT2D eigenvalue weighted by atomic mass is 9.98. The molecule has 292 valence electrons. The minimum absolute atomic E-state index is 0.610. The van der Waals surface area contributed by atoms with E-state index < -0.39 is 8.07 Å². The molecule has 0 saturated carbocycles. The van der Waals surface area contributed by atoms with Crippen LogP contribution in [0, 0.1) is 0 Å². The lowest BCUT2D eigenvalue weighted by molar-refractivity contribution is 0.669. The third-order valence-electron chi connectivity index (χ3n) is 11.9. The Morgan fingerprint density at radius 1 is 0.290 bits per heavy atom. The van der Waals surface area contributed by atoms with Gasteiger partial charge in [0.05, 0.1) is 0 Å². The van der Waals surface area contributed by atoms with Crippen molar-refractivity contribution in [1.29, 1.82) is 0 Å². The molecule has 0 spiro atoms. The number of rotatable bonds is 9. The molecule has 9 aromatic carbocycles. The summed E-state index contributed by atoms with van der Waals surface area (Å²) in [6, 6.07) is 83.8. The van der Waals surface area contributed by atoms with Crippen molar-refractivity contribution in [3.63, 3.8) is 0 Å². The van der Waals surface area contributed by atoms with Crippen LogP contribution < -0.4 is 20.7 Å². The molecule has 0 amide bonds. The van der Waals surface area contributed by atoms with Crippen molar-refractivity contribution in [2.45, 2.75) is 0 Å². The van der Waals surface area contributed by atoms with Gasteiger partial charge in [-0.1, -0.05) is 224 Å². The van der Waals surface area contributed by atoms with E-state index in [9.17, 15) is 0 Å². The molecule has 0 unspecified atom stereocenters. The van der Waals surface area contributed by atoms with Gasteiger partial charge in [-0.15, -0.1) is 0 Å². The summed E-state index contributed by atoms with van der Waals surface area (Å²) in [5, 5.41) is 7.39. The van der Waals surface area contributed by atoms with Crippen molar-refractivity contribution in [2.75, 3.05) is 0 Å². The van der Waals surface area contributed by atoms with Crippen molar-refractivity contribution >= 4 is 50.8 Å². The Labute approximate surface area is 361 Å². The Balaban J connectivity index is 1.07. The zero-order valence-corrected chi connectivity index (χ0v) is 34.8. The Morgan fingerprint density at radius 3 is 1.27 bits per heavy atom. The van der Waals surface area contributed by atoms with Crippen LogP contribution in [-0.2, 0) is 0 Å². The number of benzene rings is 9. The average Bonchev–Trinajstić information content (AvgIpc) is 3.75. The van der Waals surface area contributed by atoms with E-state index in [0.717, 1.165) is 60.9 Å². The van der Waals surface area contributed by atoms with Gasteiger partial charge in [-0.05, 0) is 55.1 Å². The van der Waals surface area contributed by atoms with Crippen LogP contribution in [0.5, 0.6) is 0 Å². The molecule has 0 atom stereocenters. The number of nitrogens with zero attached hydrogens (tertiary/aromatic N) is 3. The number of aromatic nitrogens is 3. The van der Waals surface area contributed by atoms with Crippen molar-refractivity contribution in [3.05, 3.63) is 237 Å². The molecule has 11 aromatic rings. The molecule has 11 rings (SSSR count). The molecule has 62 heavy (non-hydrogen) atoms. The molecule has 2 aromatic heterocycles. The molecule has 4 nitrogen and oxygen atoms in total. The lowest BCUT2D eigenvalue weighted by Crippen LogP contribution is -2.74. The third kappa shape index (κ3) is 6.62. The zero-order chi connectivity index (χ0) is 41.3. The van der Waals surface area contributed by atoms with Crippen LogP contribution in [0.2, 0.25) is 0 Å². The molecular formula is C57H39N3OSi. The quantitative estimate of drug-likeness (QED) is 0.108. The predicted octanol–water partition coefficient (Wildman–Crippen LogP) is 11.5. The third-order valence-corrected chi connectivity index (χ3v) is 16.7. The number of para-hydroxylation sites is 1. The Bertz CT molecular complexity index is 3220. The van der Waals surface area contributed by atoms with Gasteiger partial charge in [-0.2, -0.15) is 0 Å². The maximum absolute atomic E-state index is 6.23. The summed E-state index contributed by atoms with van der Waals surface area (Å²) in [5.74, 6) is 1.85. The Hall–Kier alpha value is -7.99. The van der Waals surface area contributed by atoms with E-state index >= 15 is 0 Å². The first-order chi connectivity index (χ1) is 30.7. The van der Waals surface area contributed by atoms with E-state index in [2.05, 4.69) is 212 Å². The first kappa shape index (κ1) is 37.0. The van der Waals surface area contributed by atoms with Crippen molar-refractivity contribution in [2.24, 2.45) is 0 Å². The second-order valence-corrected chi connectivity index (χ2v) is 19.3. The van der Waals surface area contributed by atoms with Gasteiger partial charge in [-0.3, -0.25) is 0 Å². The van der Waals surface area contributed by atoms with Crippen LogP contribution in [0.4, 0.5) is 0 Å². The van der Waals surface area contributed by atoms with Gasteiger partial charge in [0, 0.05) is 27.5 Å². The van der Waals surface area contributed by atoms with Crippen molar-refractivity contribution < 1.29 is 4.42 Å². The Kier molecular flexibility index (Phi) is 9.49. The molecule has 0 fully saturated rings. The summed E-state index contributed by atoms with van der Waals surface area (Å²) >= 11 is 0. The minimum atomic E-state index is -2.81. The van der Waals surface area contributed by atoms with Crippen LogP contribution in [0.15, 0.2) is 241 Å². The zero-order valence-electron chi connectivity index (χ0n) is 33.8. The second-order valence-electron chi connectivity index (χ2n) is 15.5. The molecule has 0 aliphatic carbocycles. The standard InChI is InChI=1S/C57H39N3OSi/c1-5-17-40(18-6-1)41-31-35-43(36-32-41)55-58-56(44-37-33-42(34-38-44)50-28-16-30-53-54(50)51-27-13-14-29-52(51)61-53)60-57(59-55)45-19-15-26-49(39-45)62(46-20-7-2-8-21-46,47-22-9-3-10-23-47)48-24-11-4-12-25-48/h1-39H. The van der Waals surface area contributed by atoms with Gasteiger partial charge in [0.25, 0.3) is 0 Å². The first-order valence-corrected chi connectivity index (χ1v) is 22.9. The molecule has 0 aliphatic rings. The predicted molar refractivity (Wildman–Crippen MR) is 258 cm³/mol. The first-order valence-electron chi connectivity index (χ1n) is 20.9. The van der Waals surface area contributed by atoms with Crippen molar-refractivity contribution in [3.8, 4) is 56.4 Å². The number of fused-ring (bicyclic) bond motifs is 3. The largest absolute Gasteiger partial charge is 0.456 e. The van der Waals surface area contributed by atoms with Gasteiger partial charge in [-0.25, -0.2) is 15.0 Å². The average molecular weight is 810 g/mol. The van der Waals surface area contributed by atoms with Crippen LogP contribution in [0.3, 0.4) is 0 Å². The maximum Gasteiger partial charge on any atom is 0.179 e. The normalized spacial score (nSPS) is 11.5. The highest BCUT2D eigenvalue weighted by Gasteiger charge is 2.41. The fourth-order valence-electron chi connectivity index (χ4n) is 8.98. The lowest BCUT2D eigenvalue weighted by Gasteiger charge is -2.34. The molecule has 2 heterocycles. The maximum atomic E-state index is 6.23. The summed E-state index contributed by atoms with van der Waals surface area (Å²) in [6.07, 6.45) is 0. The smallest absolute Gasteiger partial charge is 0.179 e. The van der Waals surface area contributed by atoms with E-state index in [1.54, 1.807) is 0 Å². The van der Waals surface area contributed by atoms with Crippen molar-refractivity contribution in [1.82, 2.24) is 15.0 Å². The Morgan fingerprint density at radius 2 is 0.694 bits per heavy atom. The number of hydrogen-bond acceptors (Lipinski definition) is 4. The van der Waals surface area contributed by atoms with Gasteiger partial charge >= 0.3 is 0 Å². The molecule has 0 bridgehead atoms. The van der Waals surface area contributed by atoms with Crippen LogP contribution >= 0.6 is 0 Å². The monoisotopic (exact) mass is 809 g/mol. The molecule has 0 saturated heterocycles. The summed E-state index contributed by atoms with van der Waals surface area (Å²) in [6.45, 7) is 0. The number of hydrogen-bond donors (Lipinski definition) is 0. The van der Waals surface area contributed by atoms with Gasteiger partial charge < -0.3 is 4.42 Å². The fraction of sp³-hybridized carbons (Fsp3) is 0. The van der Waals surface area contributed by atoms with E-state index in [-0.39, 0.29) is 0 Å². The molecule has 0 aliphatic heterocycles. The fourth-order valence-corrected chi connectivity index (χ4v) is 13.8. The molecule has 0 radical (unpaired) electrons. The van der Waals surface area contributed by atoms with E-state index in [1.807, 2.05) is 24.3 Å². The summed E-state index contributed by atoms with van der Waals surface area (Å²) in [4.78, 5) is 15.7. The molecule has 5 heteroatoms. The SMILES string of the molecule is c1ccc(-c2ccc(-c3nc(-c4ccc(-c5cccc6oc7ccccc7c56)cc4)nc(-c4cccc([Si](c5ccccc5)(c5ccccc5)c5ccccc5)c4)n3)cc2)cc1. The van der Waals surface area contributed by atoms with Crippen LogP contribution in [0.1, 0.15) is 0 Å². The second kappa shape index (κ2) is 15.9.